The van der Waals surface area contributed by atoms with E-state index in [4.69, 9.17) is 4.74 Å². The Morgan fingerprint density at radius 1 is 1.30 bits per heavy atom. The van der Waals surface area contributed by atoms with Gasteiger partial charge in [0.1, 0.15) is 0 Å². The first-order valence-electron chi connectivity index (χ1n) is 3.42. The van der Waals surface area contributed by atoms with E-state index in [-0.39, 0.29) is 0 Å². The quantitative estimate of drug-likeness (QED) is 0.596. The predicted molar refractivity (Wildman–Crippen MR) is 41.9 cm³/mol. The Bertz CT molecular complexity index is 186. The standard InChI is InChI=1S/C8H9O.K/c1-9-7-8-5-3-2-4-6-8;/h2-7H,1H3;. The third kappa shape index (κ3) is 2.45. The van der Waals surface area contributed by atoms with Crippen LogP contribution in [0.15, 0.2) is 30.3 Å². The van der Waals surface area contributed by atoms with Gasteiger partial charge in [0.2, 0.25) is 0 Å². The van der Waals surface area contributed by atoms with Crippen molar-refractivity contribution >= 4 is 49.0 Å². The summed E-state index contributed by atoms with van der Waals surface area (Å²) >= 11 is 0.711. The molecular formula is C8H9KO. The number of benzene rings is 1. The molecule has 1 aromatic rings. The molecule has 1 unspecified atom stereocenters. The second-order valence-electron chi connectivity index (χ2n) is 2.29. The van der Waals surface area contributed by atoms with E-state index in [1.807, 2.05) is 18.2 Å². The number of methoxy groups -OCH3 is 1. The van der Waals surface area contributed by atoms with Crippen LogP contribution < -0.4 is 0 Å². The van der Waals surface area contributed by atoms with E-state index in [0.717, 1.165) is 0 Å². The fourth-order valence-electron chi connectivity index (χ4n) is 0.860. The van der Waals surface area contributed by atoms with Crippen molar-refractivity contribution < 1.29 is 4.74 Å². The molecule has 0 amide bonds. The summed E-state index contributed by atoms with van der Waals surface area (Å²) in [5, 5.41) is 0. The Morgan fingerprint density at radius 3 is 2.40 bits per heavy atom. The summed E-state index contributed by atoms with van der Waals surface area (Å²) in [6.45, 7) is 0. The minimum absolute atomic E-state index is 0.397. The first-order valence-corrected chi connectivity index (χ1v) is 5.22. The van der Waals surface area contributed by atoms with Crippen molar-refractivity contribution in [3.63, 3.8) is 0 Å². The first-order chi connectivity index (χ1) is 4.84. The van der Waals surface area contributed by atoms with Gasteiger partial charge in [0.05, 0.1) is 0 Å². The van der Waals surface area contributed by atoms with Crippen LogP contribution >= 0.6 is 0 Å². The molecule has 0 N–H and O–H groups in total. The summed E-state index contributed by atoms with van der Waals surface area (Å²) in [5.74, 6) is 0. The molecule has 48 valence electrons. The molecule has 2 heteroatoms. The van der Waals surface area contributed by atoms with Crippen LogP contribution in [0.4, 0.5) is 0 Å². The van der Waals surface area contributed by atoms with Crippen molar-refractivity contribution in [3.8, 4) is 0 Å². The normalized spacial score (nSPS) is 13.1. The van der Waals surface area contributed by atoms with Gasteiger partial charge in [0.25, 0.3) is 0 Å². The van der Waals surface area contributed by atoms with Crippen LogP contribution in [-0.4, -0.2) is 56.1 Å². The second-order valence-corrected chi connectivity index (χ2v) is 3.93. The summed E-state index contributed by atoms with van der Waals surface area (Å²) in [6.07, 6.45) is 0. The molecule has 1 rings (SSSR count). The molecule has 1 aromatic carbocycles. The fourth-order valence-corrected chi connectivity index (χ4v) is 1.46. The van der Waals surface area contributed by atoms with Gasteiger partial charge in [-0.05, 0) is 0 Å². The summed E-state index contributed by atoms with van der Waals surface area (Å²) in [4.78, 5) is 0. The molecule has 0 heterocycles. The molecule has 1 atom stereocenters. The molecule has 10 heavy (non-hydrogen) atoms. The maximum atomic E-state index is 5.22. The Morgan fingerprint density at radius 2 is 1.90 bits per heavy atom. The Kier molecular flexibility index (Phi) is 4.14. The van der Waals surface area contributed by atoms with Gasteiger partial charge in [-0.3, -0.25) is 0 Å². The minimum atomic E-state index is 0.397. The van der Waals surface area contributed by atoms with E-state index < -0.39 is 0 Å². The second kappa shape index (κ2) is 4.65. The molecule has 0 aliphatic heterocycles. The van der Waals surface area contributed by atoms with Crippen LogP contribution in [-0.2, 0) is 4.74 Å². The summed E-state index contributed by atoms with van der Waals surface area (Å²) < 4.78 is 5.62. The van der Waals surface area contributed by atoms with Gasteiger partial charge in [0, 0.05) is 0 Å². The molecule has 0 bridgehead atoms. The molecule has 0 radical (unpaired) electrons. The number of ether oxygens (including phenoxy) is 1. The van der Waals surface area contributed by atoms with Crippen LogP contribution in [0, 0.1) is 0 Å². The van der Waals surface area contributed by atoms with E-state index in [1.165, 1.54) is 5.56 Å². The summed E-state index contributed by atoms with van der Waals surface area (Å²) in [7, 11) is 1.77. The van der Waals surface area contributed by atoms with E-state index in [9.17, 15) is 0 Å². The molecular weight excluding hydrogens is 151 g/mol. The van der Waals surface area contributed by atoms with E-state index in [0.29, 0.717) is 49.2 Å². The zero-order valence-corrected chi connectivity index (χ0v) is 9.50. The maximum absolute atomic E-state index is 5.22. The average Bonchev–Trinajstić information content (AvgIpc) is 2.05. The van der Waals surface area contributed by atoms with Gasteiger partial charge < -0.3 is 0 Å². The van der Waals surface area contributed by atoms with Gasteiger partial charge in [-0.1, -0.05) is 0 Å². The van der Waals surface area contributed by atoms with Crippen molar-refractivity contribution in [1.29, 1.82) is 0 Å². The van der Waals surface area contributed by atoms with E-state index in [1.54, 1.807) is 7.11 Å². The number of hydrogen-bond donors (Lipinski definition) is 0. The van der Waals surface area contributed by atoms with Crippen molar-refractivity contribution in [2.24, 2.45) is 0 Å². The predicted octanol–water partition coefficient (Wildman–Crippen LogP) is 1.50. The van der Waals surface area contributed by atoms with E-state index in [2.05, 4.69) is 12.1 Å². The van der Waals surface area contributed by atoms with Crippen LogP contribution in [0.2, 0.25) is 0 Å². The third-order valence-electron chi connectivity index (χ3n) is 1.62. The monoisotopic (exact) mass is 160 g/mol. The Labute approximate surface area is 95.4 Å². The zero-order valence-electron chi connectivity index (χ0n) is 6.37. The van der Waals surface area contributed by atoms with Crippen LogP contribution in [0.25, 0.3) is 0 Å². The molecule has 0 spiro atoms. The SMILES string of the molecule is CO[CH]([K])c1ccccc1. The van der Waals surface area contributed by atoms with Gasteiger partial charge in [-0.25, -0.2) is 0 Å². The first kappa shape index (κ1) is 8.91. The molecule has 1 nitrogen and oxygen atoms in total. The van der Waals surface area contributed by atoms with Gasteiger partial charge >= 0.3 is 96.9 Å². The molecule has 0 saturated heterocycles. The van der Waals surface area contributed by atoms with E-state index >= 15 is 0 Å². The molecule has 0 aliphatic carbocycles. The van der Waals surface area contributed by atoms with Crippen molar-refractivity contribution in [1.82, 2.24) is 0 Å². The van der Waals surface area contributed by atoms with Crippen LogP contribution in [0.1, 0.15) is 5.76 Å². The van der Waals surface area contributed by atoms with Crippen molar-refractivity contribution in [2.75, 3.05) is 7.11 Å². The average molecular weight is 160 g/mol. The topological polar surface area (TPSA) is 9.23 Å². The molecule has 0 aliphatic rings. The summed E-state index contributed by atoms with van der Waals surface area (Å²) in [6, 6.07) is 10.3. The molecule has 0 aromatic heterocycles. The van der Waals surface area contributed by atoms with Gasteiger partial charge in [-0.15, -0.1) is 0 Å². The van der Waals surface area contributed by atoms with Crippen molar-refractivity contribution in [3.05, 3.63) is 35.9 Å². The zero-order chi connectivity index (χ0) is 7.40. The Balaban J connectivity index is 2.75. The van der Waals surface area contributed by atoms with Crippen LogP contribution in [0.3, 0.4) is 0 Å². The third-order valence-corrected chi connectivity index (χ3v) is 3.40. The Hall–Kier alpha value is 0.816. The summed E-state index contributed by atoms with van der Waals surface area (Å²) in [5.41, 5.74) is 1.31. The fraction of sp³-hybridized carbons (Fsp3) is 0.250. The molecule has 0 fully saturated rings. The molecule has 0 saturated carbocycles. The van der Waals surface area contributed by atoms with Gasteiger partial charge in [-0.2, -0.15) is 0 Å². The van der Waals surface area contributed by atoms with Gasteiger partial charge in [0.15, 0.2) is 0 Å². The number of hydrogen-bond acceptors (Lipinski definition) is 1. The number of rotatable bonds is 2. The van der Waals surface area contributed by atoms with Crippen molar-refractivity contribution in [2.45, 2.75) is 0.199 Å². The van der Waals surface area contributed by atoms with Crippen LogP contribution in [0.5, 0.6) is 0 Å².